The SMILES string of the molecule is CCCCCOc1ccc(C2c3c(oc4ccc(F)cc4c3=O)C(=O)N2c2cccc(C)c2)cc1. The number of rotatable bonds is 7. The Labute approximate surface area is 202 Å². The predicted molar refractivity (Wildman–Crippen MR) is 134 cm³/mol. The molecule has 0 bridgehead atoms. The number of hydrogen-bond acceptors (Lipinski definition) is 4. The Bertz CT molecular complexity index is 1460. The Morgan fingerprint density at radius 2 is 1.80 bits per heavy atom. The molecule has 1 amide bonds. The van der Waals surface area contributed by atoms with Crippen molar-refractivity contribution < 1.29 is 18.3 Å². The summed E-state index contributed by atoms with van der Waals surface area (Å²) in [6, 6.07) is 18.0. The number of anilines is 1. The molecule has 1 aliphatic heterocycles. The molecule has 5 rings (SSSR count). The lowest BCUT2D eigenvalue weighted by molar-refractivity contribution is 0.0971. The monoisotopic (exact) mass is 471 g/mol. The van der Waals surface area contributed by atoms with Gasteiger partial charge in [0.1, 0.15) is 17.1 Å². The Kier molecular flexibility index (Phi) is 6.12. The third-order valence-electron chi connectivity index (χ3n) is 6.32. The van der Waals surface area contributed by atoms with Crippen molar-refractivity contribution in [3.63, 3.8) is 0 Å². The van der Waals surface area contributed by atoms with Gasteiger partial charge in [-0.3, -0.25) is 14.5 Å². The molecule has 0 radical (unpaired) electrons. The van der Waals surface area contributed by atoms with Crippen LogP contribution in [0.3, 0.4) is 0 Å². The van der Waals surface area contributed by atoms with Gasteiger partial charge in [0.25, 0.3) is 5.91 Å². The Morgan fingerprint density at radius 1 is 1.00 bits per heavy atom. The summed E-state index contributed by atoms with van der Waals surface area (Å²) >= 11 is 0. The van der Waals surface area contributed by atoms with Crippen LogP contribution in [-0.2, 0) is 0 Å². The van der Waals surface area contributed by atoms with Gasteiger partial charge in [0.2, 0.25) is 5.76 Å². The van der Waals surface area contributed by atoms with Crippen LogP contribution in [0.15, 0.2) is 75.9 Å². The summed E-state index contributed by atoms with van der Waals surface area (Å²) in [5.74, 6) is -0.228. The first-order chi connectivity index (χ1) is 17.0. The highest BCUT2D eigenvalue weighted by Crippen LogP contribution is 2.41. The average molecular weight is 472 g/mol. The smallest absolute Gasteiger partial charge is 0.295 e. The zero-order chi connectivity index (χ0) is 24.5. The van der Waals surface area contributed by atoms with Crippen LogP contribution in [0.25, 0.3) is 11.0 Å². The summed E-state index contributed by atoms with van der Waals surface area (Å²) in [4.78, 5) is 28.8. The van der Waals surface area contributed by atoms with E-state index in [0.29, 0.717) is 12.3 Å². The van der Waals surface area contributed by atoms with Crippen LogP contribution in [-0.4, -0.2) is 12.5 Å². The molecule has 1 aliphatic rings. The Morgan fingerprint density at radius 3 is 2.54 bits per heavy atom. The molecule has 5 nitrogen and oxygen atoms in total. The molecule has 1 atom stereocenters. The van der Waals surface area contributed by atoms with Gasteiger partial charge in [-0.25, -0.2) is 4.39 Å². The van der Waals surface area contributed by atoms with E-state index in [2.05, 4.69) is 6.92 Å². The topological polar surface area (TPSA) is 59.8 Å². The minimum atomic E-state index is -0.711. The second-order valence-electron chi connectivity index (χ2n) is 8.86. The highest BCUT2D eigenvalue weighted by Gasteiger charge is 2.43. The predicted octanol–water partition coefficient (Wildman–Crippen LogP) is 6.56. The van der Waals surface area contributed by atoms with Gasteiger partial charge in [0.05, 0.1) is 23.6 Å². The van der Waals surface area contributed by atoms with Gasteiger partial charge in [-0.2, -0.15) is 0 Å². The van der Waals surface area contributed by atoms with Crippen LogP contribution >= 0.6 is 0 Å². The molecule has 0 aliphatic carbocycles. The highest BCUT2D eigenvalue weighted by molar-refractivity contribution is 6.10. The fourth-order valence-electron chi connectivity index (χ4n) is 4.59. The maximum Gasteiger partial charge on any atom is 0.295 e. The number of hydrogen-bond donors (Lipinski definition) is 0. The second-order valence-corrected chi connectivity index (χ2v) is 8.86. The first-order valence-corrected chi connectivity index (χ1v) is 11.9. The number of carbonyl (C=O) groups is 1. The molecule has 0 saturated carbocycles. The molecule has 35 heavy (non-hydrogen) atoms. The minimum absolute atomic E-state index is 0.0134. The van der Waals surface area contributed by atoms with Crippen LogP contribution < -0.4 is 15.1 Å². The number of carbonyl (C=O) groups excluding carboxylic acids is 1. The van der Waals surface area contributed by atoms with Crippen molar-refractivity contribution >= 4 is 22.6 Å². The number of amides is 1. The van der Waals surface area contributed by atoms with Crippen molar-refractivity contribution in [3.05, 3.63) is 105 Å². The quantitative estimate of drug-likeness (QED) is 0.287. The maximum absolute atomic E-state index is 14.0. The van der Waals surface area contributed by atoms with Gasteiger partial charge in [0, 0.05) is 5.69 Å². The summed E-state index contributed by atoms with van der Waals surface area (Å²) in [6.45, 7) is 4.72. The molecule has 0 N–H and O–H groups in total. The normalized spacial score (nSPS) is 15.0. The molecule has 1 unspecified atom stereocenters. The zero-order valence-corrected chi connectivity index (χ0v) is 19.7. The van der Waals surface area contributed by atoms with Gasteiger partial charge < -0.3 is 9.15 Å². The number of aryl methyl sites for hydroxylation is 1. The standard InChI is InChI=1S/C29H26FNO4/c1-3-4-5-15-34-22-12-9-19(10-13-22)26-25-27(32)23-17-20(30)11-14-24(23)35-28(25)29(33)31(26)21-8-6-7-18(2)16-21/h6-14,16-17,26H,3-5,15H2,1-2H3. The van der Waals surface area contributed by atoms with Crippen LogP contribution in [0.1, 0.15) is 59.5 Å². The first-order valence-electron chi connectivity index (χ1n) is 11.9. The number of ether oxygens (including phenoxy) is 1. The van der Waals surface area contributed by atoms with E-state index in [-0.39, 0.29) is 22.3 Å². The third-order valence-corrected chi connectivity index (χ3v) is 6.32. The molecule has 4 aromatic rings. The lowest BCUT2D eigenvalue weighted by Gasteiger charge is -2.25. The second kappa shape index (κ2) is 9.37. The van der Waals surface area contributed by atoms with E-state index in [1.807, 2.05) is 55.5 Å². The first kappa shape index (κ1) is 22.8. The van der Waals surface area contributed by atoms with Gasteiger partial charge in [-0.15, -0.1) is 0 Å². The fourth-order valence-corrected chi connectivity index (χ4v) is 4.59. The zero-order valence-electron chi connectivity index (χ0n) is 19.7. The van der Waals surface area contributed by atoms with E-state index in [9.17, 15) is 14.0 Å². The van der Waals surface area contributed by atoms with Gasteiger partial charge in [-0.05, 0) is 66.9 Å². The molecule has 2 heterocycles. The van der Waals surface area contributed by atoms with Crippen LogP contribution in [0.4, 0.5) is 10.1 Å². The van der Waals surface area contributed by atoms with Crippen molar-refractivity contribution in [2.45, 2.75) is 39.2 Å². The number of benzene rings is 3. The highest BCUT2D eigenvalue weighted by atomic mass is 19.1. The molecule has 0 spiro atoms. The van der Waals surface area contributed by atoms with Crippen molar-refractivity contribution in [1.82, 2.24) is 0 Å². The molecular weight excluding hydrogens is 445 g/mol. The fraction of sp³-hybridized carbons (Fsp3) is 0.241. The van der Waals surface area contributed by atoms with Crippen LogP contribution in [0.5, 0.6) is 5.75 Å². The number of nitrogens with zero attached hydrogens (tertiary/aromatic N) is 1. The number of halogens is 1. The van der Waals surface area contributed by atoms with Crippen molar-refractivity contribution in [3.8, 4) is 5.75 Å². The van der Waals surface area contributed by atoms with Crippen molar-refractivity contribution in [2.24, 2.45) is 0 Å². The number of unbranched alkanes of at least 4 members (excludes halogenated alkanes) is 2. The van der Waals surface area contributed by atoms with Gasteiger partial charge in [0.15, 0.2) is 5.43 Å². The Hall–Kier alpha value is -3.93. The molecular formula is C29H26FNO4. The molecule has 6 heteroatoms. The summed E-state index contributed by atoms with van der Waals surface area (Å²) in [7, 11) is 0. The number of fused-ring (bicyclic) bond motifs is 2. The van der Waals surface area contributed by atoms with Crippen molar-refractivity contribution in [2.75, 3.05) is 11.5 Å². The lowest BCUT2D eigenvalue weighted by atomic mass is 9.98. The van der Waals surface area contributed by atoms with Crippen LogP contribution in [0.2, 0.25) is 0 Å². The van der Waals surface area contributed by atoms with E-state index in [1.54, 1.807) is 4.90 Å². The lowest BCUT2D eigenvalue weighted by Crippen LogP contribution is -2.29. The molecule has 0 fully saturated rings. The minimum Gasteiger partial charge on any atom is -0.494 e. The van der Waals surface area contributed by atoms with E-state index in [4.69, 9.17) is 9.15 Å². The largest absolute Gasteiger partial charge is 0.494 e. The van der Waals surface area contributed by atoms with Gasteiger partial charge in [-0.1, -0.05) is 44.0 Å². The summed E-state index contributed by atoms with van der Waals surface area (Å²) in [6.07, 6.45) is 3.21. The summed E-state index contributed by atoms with van der Waals surface area (Å²) in [5, 5.41) is 0.114. The molecule has 3 aromatic carbocycles. The van der Waals surface area contributed by atoms with E-state index >= 15 is 0 Å². The molecule has 178 valence electrons. The maximum atomic E-state index is 14.0. The summed E-state index contributed by atoms with van der Waals surface area (Å²) in [5.41, 5.74) is 2.36. The van der Waals surface area contributed by atoms with E-state index < -0.39 is 23.2 Å². The summed E-state index contributed by atoms with van der Waals surface area (Å²) < 4.78 is 25.7. The van der Waals surface area contributed by atoms with E-state index in [1.165, 1.54) is 12.1 Å². The molecule has 1 aromatic heterocycles. The third kappa shape index (κ3) is 4.20. The van der Waals surface area contributed by atoms with Crippen molar-refractivity contribution in [1.29, 1.82) is 0 Å². The average Bonchev–Trinajstić information content (AvgIpc) is 3.15. The van der Waals surface area contributed by atoms with Crippen LogP contribution in [0, 0.1) is 12.7 Å². The molecule has 0 saturated heterocycles. The Balaban J connectivity index is 1.63. The van der Waals surface area contributed by atoms with Gasteiger partial charge >= 0.3 is 0 Å². The van der Waals surface area contributed by atoms with E-state index in [0.717, 1.165) is 42.2 Å².